The number of carboxylic acids is 1. The number of sulfonamides is 1. The van der Waals surface area contributed by atoms with E-state index >= 15 is 0 Å². The van der Waals surface area contributed by atoms with Gasteiger partial charge >= 0.3 is 11.7 Å². The number of hydrogen-bond acceptors (Lipinski definition) is 5. The maximum Gasteiger partial charge on any atom is 0.419 e. The van der Waals surface area contributed by atoms with Gasteiger partial charge in [0.15, 0.2) is 5.58 Å². The number of nitrogens with one attached hydrogen (secondary N) is 1. The van der Waals surface area contributed by atoms with Crippen LogP contribution in [-0.4, -0.2) is 30.1 Å². The molecule has 8 nitrogen and oxygen atoms in total. The summed E-state index contributed by atoms with van der Waals surface area (Å²) in [5, 5.41) is 8.90. The number of benzene rings is 1. The van der Waals surface area contributed by atoms with Crippen molar-refractivity contribution in [2.45, 2.75) is 24.3 Å². The second kappa shape index (κ2) is 5.34. The minimum absolute atomic E-state index is 0.108. The SMILES string of the molecule is CC[C@@H](NS(=O)(=O)c1ccc2c(c1)oc(=O)n2C)C(=O)O. The van der Waals surface area contributed by atoms with Gasteiger partial charge in [0.05, 0.1) is 10.4 Å². The quantitative estimate of drug-likeness (QED) is 0.818. The van der Waals surface area contributed by atoms with Gasteiger partial charge in [0, 0.05) is 13.1 Å². The van der Waals surface area contributed by atoms with Crippen molar-refractivity contribution < 1.29 is 22.7 Å². The molecule has 0 bridgehead atoms. The van der Waals surface area contributed by atoms with Crippen LogP contribution in [0.25, 0.3) is 11.1 Å². The fourth-order valence-corrected chi connectivity index (χ4v) is 3.13. The number of carboxylic acid groups (broad SMARTS) is 1. The Morgan fingerprint density at radius 2 is 2.14 bits per heavy atom. The molecular formula is C12H14N2O6S. The molecule has 0 aliphatic rings. The highest BCUT2D eigenvalue weighted by molar-refractivity contribution is 7.89. The van der Waals surface area contributed by atoms with Crippen molar-refractivity contribution >= 4 is 27.1 Å². The molecule has 0 aliphatic carbocycles. The average Bonchev–Trinajstić information content (AvgIpc) is 2.70. The Hall–Kier alpha value is -2.13. The molecule has 2 aromatic rings. The van der Waals surface area contributed by atoms with Crippen LogP contribution in [0, 0.1) is 0 Å². The maximum absolute atomic E-state index is 12.1. The summed E-state index contributed by atoms with van der Waals surface area (Å²) >= 11 is 0. The van der Waals surface area contributed by atoms with Crippen LogP contribution < -0.4 is 10.5 Å². The molecule has 1 atom stereocenters. The van der Waals surface area contributed by atoms with Gasteiger partial charge < -0.3 is 9.52 Å². The summed E-state index contributed by atoms with van der Waals surface area (Å²) in [5.41, 5.74) is 0.568. The second-order valence-corrected chi connectivity index (χ2v) is 6.19. The molecule has 1 aromatic carbocycles. The maximum atomic E-state index is 12.1. The average molecular weight is 314 g/mol. The summed E-state index contributed by atoms with van der Waals surface area (Å²) in [7, 11) is -2.52. The summed E-state index contributed by atoms with van der Waals surface area (Å²) in [5.74, 6) is -1.86. The van der Waals surface area contributed by atoms with E-state index in [1.54, 1.807) is 6.92 Å². The Balaban J connectivity index is 2.45. The lowest BCUT2D eigenvalue weighted by atomic mass is 10.2. The minimum atomic E-state index is -4.01. The van der Waals surface area contributed by atoms with E-state index in [2.05, 4.69) is 4.72 Å². The van der Waals surface area contributed by atoms with Crippen LogP contribution in [0.2, 0.25) is 0 Å². The zero-order chi connectivity index (χ0) is 15.8. The third-order valence-corrected chi connectivity index (χ3v) is 4.55. The molecule has 0 saturated carbocycles. The van der Waals surface area contributed by atoms with Crippen molar-refractivity contribution in [2.24, 2.45) is 7.05 Å². The third kappa shape index (κ3) is 2.83. The highest BCUT2D eigenvalue weighted by Crippen LogP contribution is 2.18. The molecule has 2 rings (SSSR count). The van der Waals surface area contributed by atoms with Gasteiger partial charge in [0.25, 0.3) is 0 Å². The smallest absolute Gasteiger partial charge is 0.419 e. The standard InChI is InChI=1S/C12H14N2O6S/c1-3-8(11(15)16)13-21(18,19)7-4-5-9-10(6-7)20-12(17)14(9)2/h4-6,8,13H,3H2,1-2H3,(H,15,16)/t8-/m1/s1. The van der Waals surface area contributed by atoms with Gasteiger partial charge in [-0.05, 0) is 18.6 Å². The third-order valence-electron chi connectivity index (χ3n) is 3.08. The van der Waals surface area contributed by atoms with Crippen LogP contribution in [0.4, 0.5) is 0 Å². The van der Waals surface area contributed by atoms with E-state index in [1.807, 2.05) is 0 Å². The van der Waals surface area contributed by atoms with Crippen LogP contribution in [0.15, 0.2) is 32.3 Å². The predicted molar refractivity (Wildman–Crippen MR) is 73.5 cm³/mol. The first kappa shape index (κ1) is 15.3. The van der Waals surface area contributed by atoms with Crippen molar-refractivity contribution in [3.63, 3.8) is 0 Å². The molecule has 0 aliphatic heterocycles. The van der Waals surface area contributed by atoms with E-state index in [1.165, 1.54) is 29.8 Å². The number of hydrogen-bond donors (Lipinski definition) is 2. The first-order chi connectivity index (χ1) is 9.76. The molecule has 21 heavy (non-hydrogen) atoms. The summed E-state index contributed by atoms with van der Waals surface area (Å²) in [6, 6.07) is 2.69. The lowest BCUT2D eigenvalue weighted by Gasteiger charge is -2.12. The molecule has 0 spiro atoms. The van der Waals surface area contributed by atoms with E-state index in [-0.39, 0.29) is 16.9 Å². The molecule has 9 heteroatoms. The summed E-state index contributed by atoms with van der Waals surface area (Å²) in [6.45, 7) is 1.56. The number of nitrogens with zero attached hydrogens (tertiary/aromatic N) is 1. The summed E-state index contributed by atoms with van der Waals surface area (Å²) in [6.07, 6.45) is 0.108. The van der Waals surface area contributed by atoms with E-state index < -0.39 is 27.8 Å². The van der Waals surface area contributed by atoms with E-state index in [0.717, 1.165) is 0 Å². The lowest BCUT2D eigenvalue weighted by Crippen LogP contribution is -2.40. The van der Waals surface area contributed by atoms with Crippen LogP contribution in [0.1, 0.15) is 13.3 Å². The first-order valence-electron chi connectivity index (χ1n) is 6.11. The van der Waals surface area contributed by atoms with Crippen LogP contribution in [0.5, 0.6) is 0 Å². The monoisotopic (exact) mass is 314 g/mol. The Morgan fingerprint density at radius 1 is 1.48 bits per heavy atom. The van der Waals surface area contributed by atoms with E-state index in [0.29, 0.717) is 5.52 Å². The van der Waals surface area contributed by atoms with Gasteiger partial charge in [0.2, 0.25) is 10.0 Å². The van der Waals surface area contributed by atoms with Crippen molar-refractivity contribution in [1.82, 2.24) is 9.29 Å². The van der Waals surface area contributed by atoms with Crippen LogP contribution in [0.3, 0.4) is 0 Å². The topological polar surface area (TPSA) is 119 Å². The lowest BCUT2D eigenvalue weighted by molar-refractivity contribution is -0.139. The molecule has 0 saturated heterocycles. The van der Waals surface area contributed by atoms with Crippen molar-refractivity contribution in [3.05, 3.63) is 28.7 Å². The predicted octanol–water partition coefficient (Wildman–Crippen LogP) is 0.273. The van der Waals surface area contributed by atoms with Crippen LogP contribution in [-0.2, 0) is 21.9 Å². The Morgan fingerprint density at radius 3 is 2.71 bits per heavy atom. The summed E-state index contributed by atoms with van der Waals surface area (Å²) in [4.78, 5) is 22.1. The Bertz CT molecular complexity index is 848. The number of aromatic nitrogens is 1. The van der Waals surface area contributed by atoms with Gasteiger partial charge in [0.1, 0.15) is 6.04 Å². The first-order valence-corrected chi connectivity index (χ1v) is 7.59. The number of aryl methyl sites for hydroxylation is 1. The molecule has 1 heterocycles. The van der Waals surface area contributed by atoms with Gasteiger partial charge in [-0.2, -0.15) is 4.72 Å². The fourth-order valence-electron chi connectivity index (χ4n) is 1.85. The molecule has 0 amide bonds. The number of oxazole rings is 1. The Labute approximate surface area is 120 Å². The highest BCUT2D eigenvalue weighted by atomic mass is 32.2. The molecule has 114 valence electrons. The van der Waals surface area contributed by atoms with Gasteiger partial charge in [-0.15, -0.1) is 0 Å². The largest absolute Gasteiger partial charge is 0.480 e. The number of aliphatic carboxylic acids is 1. The summed E-state index contributed by atoms with van der Waals surface area (Å²) < 4.78 is 32.5. The van der Waals surface area contributed by atoms with Gasteiger partial charge in [-0.1, -0.05) is 6.92 Å². The zero-order valence-corrected chi connectivity index (χ0v) is 12.2. The molecule has 1 aromatic heterocycles. The number of carbonyl (C=O) groups is 1. The molecule has 0 radical (unpaired) electrons. The van der Waals surface area contributed by atoms with E-state index in [9.17, 15) is 18.0 Å². The molecule has 2 N–H and O–H groups in total. The van der Waals surface area contributed by atoms with Crippen LogP contribution >= 0.6 is 0 Å². The molecule has 0 unspecified atom stereocenters. The molecule has 0 fully saturated rings. The van der Waals surface area contributed by atoms with Gasteiger partial charge in [-0.3, -0.25) is 9.36 Å². The normalized spacial score (nSPS) is 13.4. The van der Waals surface area contributed by atoms with Crippen molar-refractivity contribution in [2.75, 3.05) is 0 Å². The van der Waals surface area contributed by atoms with E-state index in [4.69, 9.17) is 9.52 Å². The fraction of sp³-hybridized carbons (Fsp3) is 0.333. The minimum Gasteiger partial charge on any atom is -0.480 e. The number of fused-ring (bicyclic) bond motifs is 1. The van der Waals surface area contributed by atoms with Crippen molar-refractivity contribution in [3.8, 4) is 0 Å². The Kier molecular flexibility index (Phi) is 3.88. The van der Waals surface area contributed by atoms with Gasteiger partial charge in [-0.25, -0.2) is 13.2 Å². The highest BCUT2D eigenvalue weighted by Gasteiger charge is 2.24. The number of rotatable bonds is 5. The zero-order valence-electron chi connectivity index (χ0n) is 11.4. The van der Waals surface area contributed by atoms with Crippen molar-refractivity contribution in [1.29, 1.82) is 0 Å². The molecular weight excluding hydrogens is 300 g/mol. The second-order valence-electron chi connectivity index (χ2n) is 4.48.